The first-order valence-corrected chi connectivity index (χ1v) is 8.58. The average Bonchev–Trinajstić information content (AvgIpc) is 3.23. The highest BCUT2D eigenvalue weighted by Gasteiger charge is 2.34. The fourth-order valence-corrected chi connectivity index (χ4v) is 3.64. The molecule has 0 bridgehead atoms. The van der Waals surface area contributed by atoms with Gasteiger partial charge >= 0.3 is 6.03 Å². The Morgan fingerprint density at radius 3 is 3.17 bits per heavy atom. The van der Waals surface area contributed by atoms with Crippen molar-refractivity contribution >= 4 is 23.3 Å². The van der Waals surface area contributed by atoms with Gasteiger partial charge in [-0.3, -0.25) is 5.10 Å². The summed E-state index contributed by atoms with van der Waals surface area (Å²) in [5.74, 6) is 0. The third-order valence-electron chi connectivity index (χ3n) is 4.67. The third kappa shape index (κ3) is 2.76. The van der Waals surface area contributed by atoms with E-state index in [2.05, 4.69) is 15.5 Å². The monoisotopic (exact) mass is 346 g/mol. The SMILES string of the molecule is O=C(Nc1ccccc1Cl)N1CCCC1c1n[nH]c2c1COCC2. The molecule has 1 aromatic heterocycles. The number of hydrogen-bond acceptors (Lipinski definition) is 3. The summed E-state index contributed by atoms with van der Waals surface area (Å²) < 4.78 is 5.57. The van der Waals surface area contributed by atoms with Crippen molar-refractivity contribution in [3.8, 4) is 0 Å². The van der Waals surface area contributed by atoms with Gasteiger partial charge < -0.3 is 15.0 Å². The molecule has 2 amide bonds. The number of aromatic nitrogens is 2. The molecule has 1 saturated heterocycles. The lowest BCUT2D eigenvalue weighted by Gasteiger charge is -2.25. The predicted molar refractivity (Wildman–Crippen MR) is 91.1 cm³/mol. The number of hydrogen-bond donors (Lipinski definition) is 2. The number of halogens is 1. The number of fused-ring (bicyclic) bond motifs is 1. The number of likely N-dealkylation sites (tertiary alicyclic amines) is 1. The molecule has 0 spiro atoms. The number of ether oxygens (including phenoxy) is 1. The topological polar surface area (TPSA) is 70.2 Å². The van der Waals surface area contributed by atoms with E-state index in [1.165, 1.54) is 0 Å². The number of H-pyrrole nitrogens is 1. The smallest absolute Gasteiger partial charge is 0.322 e. The van der Waals surface area contributed by atoms with Gasteiger partial charge in [-0.1, -0.05) is 23.7 Å². The molecule has 2 aromatic rings. The molecular formula is C17H19ClN4O2. The number of para-hydroxylation sites is 1. The van der Waals surface area contributed by atoms with Gasteiger partial charge in [0.2, 0.25) is 0 Å². The van der Waals surface area contributed by atoms with E-state index in [4.69, 9.17) is 16.3 Å². The fourth-order valence-electron chi connectivity index (χ4n) is 3.45. The van der Waals surface area contributed by atoms with Crippen LogP contribution in [0.3, 0.4) is 0 Å². The summed E-state index contributed by atoms with van der Waals surface area (Å²) in [6.45, 7) is 2.00. The normalized spacial score (nSPS) is 20.0. The summed E-state index contributed by atoms with van der Waals surface area (Å²) in [6, 6.07) is 7.10. The van der Waals surface area contributed by atoms with Crippen molar-refractivity contribution in [2.75, 3.05) is 18.5 Å². The summed E-state index contributed by atoms with van der Waals surface area (Å²) >= 11 is 6.14. The number of amides is 2. The average molecular weight is 347 g/mol. The van der Waals surface area contributed by atoms with Crippen LogP contribution in [0.1, 0.15) is 35.8 Å². The van der Waals surface area contributed by atoms with Gasteiger partial charge in [-0.2, -0.15) is 5.10 Å². The number of urea groups is 1. The molecule has 2 N–H and O–H groups in total. The van der Waals surface area contributed by atoms with Crippen LogP contribution < -0.4 is 5.32 Å². The van der Waals surface area contributed by atoms with Crippen LogP contribution in [0.5, 0.6) is 0 Å². The summed E-state index contributed by atoms with van der Waals surface area (Å²) in [4.78, 5) is 14.6. The number of carbonyl (C=O) groups excluding carboxylic acids is 1. The lowest BCUT2D eigenvalue weighted by Crippen LogP contribution is -2.35. The maximum absolute atomic E-state index is 12.7. The number of carbonyl (C=O) groups is 1. The molecule has 2 aliphatic rings. The Balaban J connectivity index is 1.56. The molecule has 126 valence electrons. The zero-order chi connectivity index (χ0) is 16.5. The predicted octanol–water partition coefficient (Wildman–Crippen LogP) is 3.50. The van der Waals surface area contributed by atoms with E-state index in [0.29, 0.717) is 23.9 Å². The molecule has 2 aliphatic heterocycles. The lowest BCUT2D eigenvalue weighted by atomic mass is 10.0. The van der Waals surface area contributed by atoms with Gasteiger partial charge in [0, 0.05) is 24.2 Å². The van der Waals surface area contributed by atoms with Crippen LogP contribution in [-0.2, 0) is 17.8 Å². The van der Waals surface area contributed by atoms with Crippen molar-refractivity contribution in [2.24, 2.45) is 0 Å². The van der Waals surface area contributed by atoms with E-state index in [0.717, 1.165) is 42.8 Å². The van der Waals surface area contributed by atoms with E-state index in [9.17, 15) is 4.79 Å². The van der Waals surface area contributed by atoms with Crippen LogP contribution in [-0.4, -0.2) is 34.3 Å². The van der Waals surface area contributed by atoms with Gasteiger partial charge in [0.15, 0.2) is 0 Å². The quantitative estimate of drug-likeness (QED) is 0.874. The Hall–Kier alpha value is -2.05. The lowest BCUT2D eigenvalue weighted by molar-refractivity contribution is 0.108. The molecule has 1 aromatic carbocycles. The first kappa shape index (κ1) is 15.5. The number of anilines is 1. The number of nitrogens with one attached hydrogen (secondary N) is 2. The van der Waals surface area contributed by atoms with E-state index in [-0.39, 0.29) is 12.1 Å². The Bertz CT molecular complexity index is 761. The van der Waals surface area contributed by atoms with Gasteiger partial charge in [0.1, 0.15) is 0 Å². The molecule has 1 atom stereocenters. The minimum Gasteiger partial charge on any atom is -0.376 e. The van der Waals surface area contributed by atoms with Crippen LogP contribution >= 0.6 is 11.6 Å². The molecule has 0 saturated carbocycles. The maximum Gasteiger partial charge on any atom is 0.322 e. The van der Waals surface area contributed by atoms with Gasteiger partial charge in [0.05, 0.1) is 35.7 Å². The summed E-state index contributed by atoms with van der Waals surface area (Å²) in [5.41, 5.74) is 3.82. The molecule has 1 unspecified atom stereocenters. The maximum atomic E-state index is 12.7. The van der Waals surface area contributed by atoms with Gasteiger partial charge in [-0.05, 0) is 25.0 Å². The van der Waals surface area contributed by atoms with Crippen LogP contribution in [0.25, 0.3) is 0 Å². The van der Waals surface area contributed by atoms with Crippen molar-refractivity contribution in [1.82, 2.24) is 15.1 Å². The van der Waals surface area contributed by atoms with E-state index in [1.807, 2.05) is 17.0 Å². The zero-order valence-corrected chi connectivity index (χ0v) is 14.0. The highest BCUT2D eigenvalue weighted by Crippen LogP contribution is 2.35. The second-order valence-corrected chi connectivity index (χ2v) is 6.54. The molecular weight excluding hydrogens is 328 g/mol. The third-order valence-corrected chi connectivity index (χ3v) is 5.00. The Labute approximate surface area is 145 Å². The van der Waals surface area contributed by atoms with Crippen LogP contribution in [0.4, 0.5) is 10.5 Å². The zero-order valence-electron chi connectivity index (χ0n) is 13.2. The molecule has 3 heterocycles. The van der Waals surface area contributed by atoms with Crippen LogP contribution in [0, 0.1) is 0 Å². The summed E-state index contributed by atoms with van der Waals surface area (Å²) in [7, 11) is 0. The van der Waals surface area contributed by atoms with Gasteiger partial charge in [-0.25, -0.2) is 4.79 Å². The van der Waals surface area contributed by atoms with Gasteiger partial charge in [-0.15, -0.1) is 0 Å². The summed E-state index contributed by atoms with van der Waals surface area (Å²) in [5, 5.41) is 11.0. The number of rotatable bonds is 2. The summed E-state index contributed by atoms with van der Waals surface area (Å²) in [6.07, 6.45) is 2.72. The van der Waals surface area contributed by atoms with Crippen molar-refractivity contribution in [3.05, 3.63) is 46.2 Å². The molecule has 0 aliphatic carbocycles. The first-order valence-electron chi connectivity index (χ1n) is 8.20. The largest absolute Gasteiger partial charge is 0.376 e. The van der Waals surface area contributed by atoms with E-state index >= 15 is 0 Å². The molecule has 1 fully saturated rings. The Kier molecular flexibility index (Phi) is 4.16. The standard InChI is InChI=1S/C17H19ClN4O2/c18-12-4-1-2-5-14(12)19-17(23)22-8-3-6-15(22)16-11-10-24-9-7-13(11)20-21-16/h1-2,4-5,15H,3,6-10H2,(H,19,23)(H,20,21). The highest BCUT2D eigenvalue weighted by molar-refractivity contribution is 6.33. The number of nitrogens with zero attached hydrogens (tertiary/aromatic N) is 2. The second kappa shape index (κ2) is 6.45. The molecule has 4 rings (SSSR count). The second-order valence-electron chi connectivity index (χ2n) is 6.13. The molecule has 0 radical (unpaired) electrons. The van der Waals surface area contributed by atoms with Gasteiger partial charge in [0.25, 0.3) is 0 Å². The fraction of sp³-hybridized carbons (Fsp3) is 0.412. The molecule has 7 heteroatoms. The minimum atomic E-state index is -0.140. The van der Waals surface area contributed by atoms with Crippen molar-refractivity contribution < 1.29 is 9.53 Å². The Morgan fingerprint density at radius 1 is 1.42 bits per heavy atom. The number of benzene rings is 1. The Morgan fingerprint density at radius 2 is 2.29 bits per heavy atom. The highest BCUT2D eigenvalue weighted by atomic mass is 35.5. The number of aromatic amines is 1. The van der Waals surface area contributed by atoms with Crippen LogP contribution in [0.15, 0.2) is 24.3 Å². The van der Waals surface area contributed by atoms with Crippen LogP contribution in [0.2, 0.25) is 5.02 Å². The van der Waals surface area contributed by atoms with E-state index < -0.39 is 0 Å². The van der Waals surface area contributed by atoms with Crippen molar-refractivity contribution in [1.29, 1.82) is 0 Å². The van der Waals surface area contributed by atoms with Crippen molar-refractivity contribution in [3.63, 3.8) is 0 Å². The first-order chi connectivity index (χ1) is 11.7. The minimum absolute atomic E-state index is 0.0193. The molecule has 24 heavy (non-hydrogen) atoms. The van der Waals surface area contributed by atoms with Crippen molar-refractivity contribution in [2.45, 2.75) is 31.9 Å². The molecule has 6 nitrogen and oxygen atoms in total. The van der Waals surface area contributed by atoms with E-state index in [1.54, 1.807) is 12.1 Å².